The van der Waals surface area contributed by atoms with E-state index in [4.69, 9.17) is 9.47 Å². The molecule has 0 unspecified atom stereocenters. The Labute approximate surface area is 139 Å². The van der Waals surface area contributed by atoms with Gasteiger partial charge in [0.25, 0.3) is 0 Å². The third-order valence-electron chi connectivity index (χ3n) is 5.52. The van der Waals surface area contributed by atoms with E-state index >= 15 is 0 Å². The molecule has 2 aliphatic carbocycles. The van der Waals surface area contributed by atoms with E-state index in [0.29, 0.717) is 17.8 Å². The Bertz CT molecular complexity index is 494. The number of hydrogen-bond acceptors (Lipinski definition) is 3. The SMILES string of the molecule is COC1CCC(C(=O)Oc2ccc(C3CCCCC3)cc2)CC1. The van der Waals surface area contributed by atoms with Gasteiger partial charge in [-0.25, -0.2) is 0 Å². The molecule has 0 N–H and O–H groups in total. The van der Waals surface area contributed by atoms with E-state index < -0.39 is 0 Å². The maximum atomic E-state index is 12.3. The lowest BCUT2D eigenvalue weighted by Crippen LogP contribution is -2.28. The number of methoxy groups -OCH3 is 1. The molecule has 1 aromatic rings. The monoisotopic (exact) mass is 316 g/mol. The molecule has 2 saturated carbocycles. The van der Waals surface area contributed by atoms with Gasteiger partial charge < -0.3 is 9.47 Å². The fourth-order valence-electron chi connectivity index (χ4n) is 3.98. The first-order valence-corrected chi connectivity index (χ1v) is 9.10. The Morgan fingerprint density at radius 3 is 2.17 bits per heavy atom. The minimum absolute atomic E-state index is 0.0272. The fourth-order valence-corrected chi connectivity index (χ4v) is 3.98. The number of carbonyl (C=O) groups is 1. The maximum absolute atomic E-state index is 12.3. The lowest BCUT2D eigenvalue weighted by molar-refractivity contribution is -0.140. The molecule has 2 aliphatic rings. The molecule has 3 heteroatoms. The predicted octanol–water partition coefficient (Wildman–Crippen LogP) is 4.84. The van der Waals surface area contributed by atoms with Crippen molar-refractivity contribution >= 4 is 5.97 Å². The van der Waals surface area contributed by atoms with Crippen LogP contribution in [0.4, 0.5) is 0 Å². The van der Waals surface area contributed by atoms with Gasteiger partial charge in [0.2, 0.25) is 0 Å². The lowest BCUT2D eigenvalue weighted by Gasteiger charge is -2.26. The summed E-state index contributed by atoms with van der Waals surface area (Å²) < 4.78 is 10.9. The lowest BCUT2D eigenvalue weighted by atomic mass is 9.84. The molecule has 0 amide bonds. The predicted molar refractivity (Wildman–Crippen MR) is 90.7 cm³/mol. The summed E-state index contributed by atoms with van der Waals surface area (Å²) in [5, 5.41) is 0. The van der Waals surface area contributed by atoms with Gasteiger partial charge >= 0.3 is 5.97 Å². The fraction of sp³-hybridized carbons (Fsp3) is 0.650. The molecular weight excluding hydrogens is 288 g/mol. The molecule has 0 spiro atoms. The highest BCUT2D eigenvalue weighted by atomic mass is 16.5. The minimum atomic E-state index is -0.0787. The van der Waals surface area contributed by atoms with Gasteiger partial charge in [-0.1, -0.05) is 31.4 Å². The van der Waals surface area contributed by atoms with Crippen molar-refractivity contribution in [3.05, 3.63) is 29.8 Å². The van der Waals surface area contributed by atoms with E-state index in [1.54, 1.807) is 7.11 Å². The van der Waals surface area contributed by atoms with Crippen LogP contribution < -0.4 is 4.74 Å². The Balaban J connectivity index is 1.52. The first-order chi connectivity index (χ1) is 11.3. The van der Waals surface area contributed by atoms with E-state index in [2.05, 4.69) is 12.1 Å². The normalized spacial score (nSPS) is 26.0. The number of esters is 1. The van der Waals surface area contributed by atoms with Crippen molar-refractivity contribution < 1.29 is 14.3 Å². The van der Waals surface area contributed by atoms with Crippen LogP contribution >= 0.6 is 0 Å². The summed E-state index contributed by atoms with van der Waals surface area (Å²) in [6.45, 7) is 0. The van der Waals surface area contributed by atoms with Crippen molar-refractivity contribution in [2.45, 2.75) is 69.8 Å². The van der Waals surface area contributed by atoms with Crippen LogP contribution in [-0.2, 0) is 9.53 Å². The minimum Gasteiger partial charge on any atom is -0.426 e. The maximum Gasteiger partial charge on any atom is 0.314 e. The van der Waals surface area contributed by atoms with Crippen molar-refractivity contribution in [3.63, 3.8) is 0 Å². The molecular formula is C20H28O3. The third-order valence-corrected chi connectivity index (χ3v) is 5.52. The zero-order valence-corrected chi connectivity index (χ0v) is 14.1. The molecule has 0 saturated heterocycles. The molecule has 0 aliphatic heterocycles. The molecule has 0 heterocycles. The summed E-state index contributed by atoms with van der Waals surface area (Å²) in [6.07, 6.45) is 10.6. The van der Waals surface area contributed by atoms with Crippen molar-refractivity contribution in [2.24, 2.45) is 5.92 Å². The van der Waals surface area contributed by atoms with Gasteiger partial charge in [0.15, 0.2) is 0 Å². The van der Waals surface area contributed by atoms with Gasteiger partial charge in [0.1, 0.15) is 5.75 Å². The number of carbonyl (C=O) groups excluding carboxylic acids is 1. The summed E-state index contributed by atoms with van der Waals surface area (Å²) in [7, 11) is 1.75. The number of rotatable bonds is 4. The number of ether oxygens (including phenoxy) is 2. The highest BCUT2D eigenvalue weighted by Crippen LogP contribution is 2.33. The summed E-state index contributed by atoms with van der Waals surface area (Å²) in [5.74, 6) is 1.32. The number of benzene rings is 1. The van der Waals surface area contributed by atoms with Crippen LogP contribution in [0, 0.1) is 5.92 Å². The van der Waals surface area contributed by atoms with Crippen molar-refractivity contribution in [3.8, 4) is 5.75 Å². The van der Waals surface area contributed by atoms with E-state index in [1.807, 2.05) is 12.1 Å². The van der Waals surface area contributed by atoms with Crippen LogP contribution in [0.25, 0.3) is 0 Å². The first-order valence-electron chi connectivity index (χ1n) is 9.10. The Hall–Kier alpha value is -1.35. The average molecular weight is 316 g/mol. The second-order valence-corrected chi connectivity index (χ2v) is 7.03. The summed E-state index contributed by atoms with van der Waals surface area (Å²) in [4.78, 5) is 12.3. The third kappa shape index (κ3) is 4.35. The van der Waals surface area contributed by atoms with Gasteiger partial charge in [0.05, 0.1) is 12.0 Å². The largest absolute Gasteiger partial charge is 0.426 e. The molecule has 0 bridgehead atoms. The Kier molecular flexibility index (Phi) is 5.71. The van der Waals surface area contributed by atoms with Crippen LogP contribution in [0.5, 0.6) is 5.75 Å². The summed E-state index contributed by atoms with van der Waals surface area (Å²) in [5.41, 5.74) is 1.39. The van der Waals surface area contributed by atoms with E-state index in [9.17, 15) is 4.79 Å². The quantitative estimate of drug-likeness (QED) is 0.588. The molecule has 2 fully saturated rings. The first kappa shape index (κ1) is 16.5. The second kappa shape index (κ2) is 7.96. The van der Waals surface area contributed by atoms with Crippen LogP contribution in [0.3, 0.4) is 0 Å². The topological polar surface area (TPSA) is 35.5 Å². The molecule has 3 rings (SSSR count). The molecule has 0 aromatic heterocycles. The van der Waals surface area contributed by atoms with E-state index in [1.165, 1.54) is 37.7 Å². The van der Waals surface area contributed by atoms with Crippen LogP contribution in [0.15, 0.2) is 24.3 Å². The zero-order valence-electron chi connectivity index (χ0n) is 14.1. The molecule has 0 radical (unpaired) electrons. The summed E-state index contributed by atoms with van der Waals surface area (Å²) in [6, 6.07) is 8.20. The standard InChI is InChI=1S/C20H28O3/c1-22-18-11-9-17(10-12-18)20(21)23-19-13-7-16(8-14-19)15-5-3-2-4-6-15/h7-8,13-15,17-18H,2-6,9-12H2,1H3. The highest BCUT2D eigenvalue weighted by molar-refractivity contribution is 5.75. The van der Waals surface area contributed by atoms with E-state index in [-0.39, 0.29) is 11.9 Å². The number of hydrogen-bond donors (Lipinski definition) is 0. The molecule has 3 nitrogen and oxygen atoms in total. The van der Waals surface area contributed by atoms with Crippen LogP contribution in [0.2, 0.25) is 0 Å². The van der Waals surface area contributed by atoms with Crippen LogP contribution in [0.1, 0.15) is 69.3 Å². The van der Waals surface area contributed by atoms with E-state index in [0.717, 1.165) is 25.7 Å². The molecule has 0 atom stereocenters. The zero-order chi connectivity index (χ0) is 16.1. The van der Waals surface area contributed by atoms with Gasteiger partial charge in [-0.2, -0.15) is 0 Å². The van der Waals surface area contributed by atoms with Gasteiger partial charge in [0, 0.05) is 7.11 Å². The molecule has 1 aromatic carbocycles. The van der Waals surface area contributed by atoms with Crippen LogP contribution in [-0.4, -0.2) is 19.2 Å². The van der Waals surface area contributed by atoms with Gasteiger partial charge in [-0.15, -0.1) is 0 Å². The second-order valence-electron chi connectivity index (χ2n) is 7.03. The smallest absolute Gasteiger partial charge is 0.314 e. The Morgan fingerprint density at radius 2 is 1.57 bits per heavy atom. The van der Waals surface area contributed by atoms with Crippen molar-refractivity contribution in [1.29, 1.82) is 0 Å². The summed E-state index contributed by atoms with van der Waals surface area (Å²) >= 11 is 0. The average Bonchev–Trinajstić information content (AvgIpc) is 2.63. The molecule has 23 heavy (non-hydrogen) atoms. The molecule has 126 valence electrons. The highest BCUT2D eigenvalue weighted by Gasteiger charge is 2.27. The van der Waals surface area contributed by atoms with Gasteiger partial charge in [-0.05, 0) is 62.1 Å². The van der Waals surface area contributed by atoms with Crippen molar-refractivity contribution in [1.82, 2.24) is 0 Å². The van der Waals surface area contributed by atoms with Crippen molar-refractivity contribution in [2.75, 3.05) is 7.11 Å². The Morgan fingerprint density at radius 1 is 0.913 bits per heavy atom. The van der Waals surface area contributed by atoms with Gasteiger partial charge in [-0.3, -0.25) is 4.79 Å².